The van der Waals surface area contributed by atoms with Gasteiger partial charge in [-0.3, -0.25) is 0 Å². The molecule has 0 amide bonds. The van der Waals surface area contributed by atoms with Crippen LogP contribution in [0.4, 0.5) is 0 Å². The van der Waals surface area contributed by atoms with Crippen LogP contribution in [0.3, 0.4) is 0 Å². The minimum atomic E-state index is -0.222. The van der Waals surface area contributed by atoms with Gasteiger partial charge in [0.2, 0.25) is 0 Å². The highest BCUT2D eigenvalue weighted by Gasteiger charge is 2.22. The van der Waals surface area contributed by atoms with Crippen molar-refractivity contribution < 1.29 is 9.52 Å². The number of nitrogens with one attached hydrogen (secondary N) is 1. The number of thiazole rings is 1. The number of rotatable bonds is 6. The highest BCUT2D eigenvalue weighted by molar-refractivity contribution is 7.13. The summed E-state index contributed by atoms with van der Waals surface area (Å²) in [6.45, 7) is 1.35. The molecule has 0 radical (unpaired) electrons. The van der Waals surface area contributed by atoms with Crippen LogP contribution in [-0.2, 0) is 6.54 Å². The zero-order valence-corrected chi connectivity index (χ0v) is 12.2. The second-order valence-corrected chi connectivity index (χ2v) is 6.22. The molecule has 0 spiro atoms. The second kappa shape index (κ2) is 6.52. The predicted molar refractivity (Wildman–Crippen MR) is 79.5 cm³/mol. The van der Waals surface area contributed by atoms with Gasteiger partial charge in [0.15, 0.2) is 10.8 Å². The summed E-state index contributed by atoms with van der Waals surface area (Å²) in [4.78, 5) is 4.53. The van der Waals surface area contributed by atoms with Crippen LogP contribution in [0.15, 0.2) is 28.2 Å². The van der Waals surface area contributed by atoms with Gasteiger partial charge in [0.1, 0.15) is 0 Å². The average molecular weight is 292 g/mol. The first-order valence-electron chi connectivity index (χ1n) is 7.20. The first-order valence-corrected chi connectivity index (χ1v) is 8.08. The molecule has 4 nitrogen and oxygen atoms in total. The van der Waals surface area contributed by atoms with E-state index in [-0.39, 0.29) is 6.10 Å². The Bertz CT molecular complexity index is 518. The van der Waals surface area contributed by atoms with Gasteiger partial charge >= 0.3 is 0 Å². The molecule has 3 rings (SSSR count). The van der Waals surface area contributed by atoms with E-state index < -0.39 is 0 Å². The topological polar surface area (TPSA) is 58.3 Å². The smallest absolute Gasteiger partial charge is 0.162 e. The number of furan rings is 1. The molecule has 2 aromatic heterocycles. The van der Waals surface area contributed by atoms with E-state index in [0.29, 0.717) is 19.0 Å². The molecule has 5 heteroatoms. The van der Waals surface area contributed by atoms with Gasteiger partial charge in [0, 0.05) is 18.5 Å². The van der Waals surface area contributed by atoms with Crippen molar-refractivity contribution in [2.75, 3.05) is 6.54 Å². The number of aliphatic hydroxyl groups is 1. The maximum Gasteiger partial charge on any atom is 0.162 e. The van der Waals surface area contributed by atoms with E-state index in [1.165, 1.54) is 25.7 Å². The summed E-state index contributed by atoms with van der Waals surface area (Å²) in [5, 5.41) is 16.3. The molecule has 0 saturated heterocycles. The van der Waals surface area contributed by atoms with Crippen LogP contribution in [0.1, 0.15) is 31.4 Å². The number of aromatic nitrogens is 1. The van der Waals surface area contributed by atoms with Gasteiger partial charge in [0.05, 0.1) is 18.1 Å². The van der Waals surface area contributed by atoms with Crippen LogP contribution in [-0.4, -0.2) is 22.7 Å². The van der Waals surface area contributed by atoms with Gasteiger partial charge in [-0.15, -0.1) is 11.3 Å². The third-order valence-corrected chi connectivity index (χ3v) is 4.79. The summed E-state index contributed by atoms with van der Waals surface area (Å²) in [6.07, 6.45) is 6.30. The van der Waals surface area contributed by atoms with Gasteiger partial charge in [-0.2, -0.15) is 0 Å². The van der Waals surface area contributed by atoms with E-state index >= 15 is 0 Å². The monoisotopic (exact) mass is 292 g/mol. The lowest BCUT2D eigenvalue weighted by Crippen LogP contribution is -2.31. The fourth-order valence-electron chi connectivity index (χ4n) is 2.76. The molecule has 1 saturated carbocycles. The number of nitrogens with zero attached hydrogens (tertiary/aromatic N) is 1. The molecule has 0 aliphatic heterocycles. The third kappa shape index (κ3) is 3.29. The summed E-state index contributed by atoms with van der Waals surface area (Å²) < 4.78 is 5.33. The summed E-state index contributed by atoms with van der Waals surface area (Å²) in [6, 6.07) is 3.78. The molecule has 2 aromatic rings. The molecular formula is C15H20N2O2S. The Labute approximate surface area is 122 Å². The van der Waals surface area contributed by atoms with Crippen molar-refractivity contribution in [2.45, 2.75) is 38.3 Å². The quantitative estimate of drug-likeness (QED) is 0.859. The van der Waals surface area contributed by atoms with E-state index in [4.69, 9.17) is 4.42 Å². The average Bonchev–Trinajstić information content (AvgIpc) is 3.20. The largest absolute Gasteiger partial charge is 0.462 e. The van der Waals surface area contributed by atoms with Crippen molar-refractivity contribution in [3.05, 3.63) is 29.5 Å². The Balaban J connectivity index is 1.46. The lowest BCUT2D eigenvalue weighted by molar-refractivity contribution is 0.109. The van der Waals surface area contributed by atoms with Gasteiger partial charge in [-0.25, -0.2) is 4.98 Å². The Kier molecular flexibility index (Phi) is 4.50. The van der Waals surface area contributed by atoms with Crippen molar-refractivity contribution in [1.29, 1.82) is 0 Å². The Hall–Kier alpha value is -1.17. The standard InChI is InChI=1S/C15H20N2O2S/c18-13(11-4-1-2-5-11)9-16-8-12-10-20-15(17-12)14-6-3-7-19-14/h3,6-7,10-11,13,16,18H,1-2,4-5,8-9H2. The van der Waals surface area contributed by atoms with Gasteiger partial charge in [-0.1, -0.05) is 12.8 Å². The Morgan fingerprint density at radius 2 is 2.30 bits per heavy atom. The summed E-state index contributed by atoms with van der Waals surface area (Å²) in [7, 11) is 0. The van der Waals surface area contributed by atoms with E-state index in [2.05, 4.69) is 10.3 Å². The first kappa shape index (κ1) is 13.8. The van der Waals surface area contributed by atoms with Crippen molar-refractivity contribution in [3.63, 3.8) is 0 Å². The summed E-state index contributed by atoms with van der Waals surface area (Å²) in [5.41, 5.74) is 1.00. The minimum absolute atomic E-state index is 0.222. The summed E-state index contributed by atoms with van der Waals surface area (Å²) in [5.74, 6) is 1.30. The van der Waals surface area contributed by atoms with Crippen LogP contribution in [0.5, 0.6) is 0 Å². The lowest BCUT2D eigenvalue weighted by atomic mass is 10.0. The predicted octanol–water partition coefficient (Wildman–Crippen LogP) is 3.04. The SMILES string of the molecule is OC(CNCc1csc(-c2ccco2)n1)C1CCCC1. The molecule has 1 aliphatic rings. The second-order valence-electron chi connectivity index (χ2n) is 5.36. The van der Waals surface area contributed by atoms with E-state index in [0.717, 1.165) is 16.5 Å². The van der Waals surface area contributed by atoms with Crippen LogP contribution >= 0.6 is 11.3 Å². The molecule has 0 bridgehead atoms. The molecule has 1 unspecified atom stereocenters. The van der Waals surface area contributed by atoms with Gasteiger partial charge in [-0.05, 0) is 30.9 Å². The van der Waals surface area contributed by atoms with Crippen LogP contribution in [0, 0.1) is 5.92 Å². The summed E-state index contributed by atoms with van der Waals surface area (Å²) >= 11 is 1.58. The zero-order chi connectivity index (χ0) is 13.8. The third-order valence-electron chi connectivity index (χ3n) is 3.89. The molecular weight excluding hydrogens is 272 g/mol. The number of hydrogen-bond donors (Lipinski definition) is 2. The molecule has 1 atom stereocenters. The van der Waals surface area contributed by atoms with Crippen molar-refractivity contribution >= 4 is 11.3 Å². The van der Waals surface area contributed by atoms with E-state index in [1.807, 2.05) is 17.5 Å². The maximum absolute atomic E-state index is 10.1. The van der Waals surface area contributed by atoms with E-state index in [1.54, 1.807) is 17.6 Å². The minimum Gasteiger partial charge on any atom is -0.462 e. The molecule has 0 aromatic carbocycles. The van der Waals surface area contributed by atoms with Crippen molar-refractivity contribution in [3.8, 4) is 10.8 Å². The van der Waals surface area contributed by atoms with Gasteiger partial charge in [0.25, 0.3) is 0 Å². The van der Waals surface area contributed by atoms with Crippen LogP contribution < -0.4 is 5.32 Å². The van der Waals surface area contributed by atoms with Crippen molar-refractivity contribution in [1.82, 2.24) is 10.3 Å². The Morgan fingerprint density at radius 1 is 1.45 bits per heavy atom. The number of hydrogen-bond acceptors (Lipinski definition) is 5. The first-order chi connectivity index (χ1) is 9.83. The molecule has 2 N–H and O–H groups in total. The molecule has 108 valence electrons. The van der Waals surface area contributed by atoms with Crippen LogP contribution in [0.25, 0.3) is 10.8 Å². The molecule has 1 fully saturated rings. The Morgan fingerprint density at radius 3 is 3.05 bits per heavy atom. The number of aliphatic hydroxyl groups excluding tert-OH is 1. The molecule has 20 heavy (non-hydrogen) atoms. The normalized spacial score (nSPS) is 17.6. The molecule has 1 aliphatic carbocycles. The zero-order valence-electron chi connectivity index (χ0n) is 11.4. The fourth-order valence-corrected chi connectivity index (χ4v) is 3.54. The fraction of sp³-hybridized carbons (Fsp3) is 0.533. The van der Waals surface area contributed by atoms with Gasteiger partial charge < -0.3 is 14.8 Å². The maximum atomic E-state index is 10.1. The highest BCUT2D eigenvalue weighted by Crippen LogP contribution is 2.27. The molecule has 2 heterocycles. The lowest BCUT2D eigenvalue weighted by Gasteiger charge is -2.17. The highest BCUT2D eigenvalue weighted by atomic mass is 32.1. The van der Waals surface area contributed by atoms with Crippen molar-refractivity contribution in [2.24, 2.45) is 5.92 Å². The van der Waals surface area contributed by atoms with E-state index in [9.17, 15) is 5.11 Å². The van der Waals surface area contributed by atoms with Crippen LogP contribution in [0.2, 0.25) is 0 Å².